The molecule has 0 saturated carbocycles. The maximum Gasteiger partial charge on any atom is 0.224 e. The predicted molar refractivity (Wildman–Crippen MR) is 99.9 cm³/mol. The lowest BCUT2D eigenvalue weighted by atomic mass is 10.1. The molecule has 0 aliphatic heterocycles. The second-order valence-corrected chi connectivity index (χ2v) is 8.07. The van der Waals surface area contributed by atoms with Crippen molar-refractivity contribution in [3.05, 3.63) is 72.4 Å². The van der Waals surface area contributed by atoms with E-state index in [-0.39, 0.29) is 17.4 Å². The molecule has 25 heavy (non-hydrogen) atoms. The van der Waals surface area contributed by atoms with E-state index < -0.39 is 3.74 Å². The third-order valence-corrected chi connectivity index (χ3v) is 4.11. The highest BCUT2D eigenvalue weighted by Crippen LogP contribution is 2.25. The van der Waals surface area contributed by atoms with E-state index in [2.05, 4.69) is 41.8 Å². The van der Waals surface area contributed by atoms with E-state index in [1.54, 1.807) is 36.5 Å². The van der Waals surface area contributed by atoms with Gasteiger partial charge in [0, 0.05) is 11.8 Å². The van der Waals surface area contributed by atoms with Gasteiger partial charge in [0.05, 0.1) is 5.69 Å². The lowest BCUT2D eigenvalue weighted by molar-refractivity contribution is 0.100. The number of carbonyl (C=O) groups excluding carboxylic acids is 1. The summed E-state index contributed by atoms with van der Waals surface area (Å²) in [5.41, 5.74) is 1.45. The maximum atomic E-state index is 12.9. The summed E-state index contributed by atoms with van der Waals surface area (Å²) in [5, 5.41) is 0. The Kier molecular flexibility index (Phi) is 5.55. The van der Waals surface area contributed by atoms with Crippen LogP contribution in [0.4, 0.5) is 4.39 Å². The van der Waals surface area contributed by atoms with Crippen LogP contribution in [-0.4, -0.2) is 19.5 Å². The summed E-state index contributed by atoms with van der Waals surface area (Å²) in [5.74, 6) is 0.721. The molecule has 1 heterocycles. The van der Waals surface area contributed by atoms with Crippen LogP contribution in [0.5, 0.6) is 11.5 Å². The number of nitrogens with zero attached hydrogens (tertiary/aromatic N) is 2. The molecule has 0 bridgehead atoms. The molecular formula is C18H11Br2FN2O2. The summed E-state index contributed by atoms with van der Waals surface area (Å²) < 4.78 is 18.0. The van der Waals surface area contributed by atoms with Crippen LogP contribution < -0.4 is 4.74 Å². The number of alkyl halides is 2. The number of ether oxygens (including phenoxy) is 1. The first-order chi connectivity index (χ1) is 12.0. The smallest absolute Gasteiger partial charge is 0.224 e. The zero-order valence-corrected chi connectivity index (χ0v) is 15.9. The van der Waals surface area contributed by atoms with Gasteiger partial charge in [0.1, 0.15) is 21.1 Å². The molecule has 3 aromatic rings. The van der Waals surface area contributed by atoms with Gasteiger partial charge in [-0.25, -0.2) is 14.4 Å². The number of ketones is 1. The van der Waals surface area contributed by atoms with Crippen LogP contribution in [0.1, 0.15) is 10.6 Å². The van der Waals surface area contributed by atoms with Crippen LogP contribution in [0.2, 0.25) is 0 Å². The Balaban J connectivity index is 1.79. The Labute approximate surface area is 160 Å². The van der Waals surface area contributed by atoms with Gasteiger partial charge < -0.3 is 4.74 Å². The summed E-state index contributed by atoms with van der Waals surface area (Å²) in [6, 6.07) is 14.7. The normalized spacial score (nSPS) is 10.7. The molecule has 0 radical (unpaired) electrons. The molecule has 126 valence electrons. The number of hydrogen-bond donors (Lipinski definition) is 0. The summed E-state index contributed by atoms with van der Waals surface area (Å²) in [6.45, 7) is 0. The second kappa shape index (κ2) is 7.84. The minimum atomic E-state index is -0.526. The van der Waals surface area contributed by atoms with Gasteiger partial charge in [0.15, 0.2) is 5.82 Å². The molecule has 0 atom stereocenters. The molecule has 3 rings (SSSR count). The van der Waals surface area contributed by atoms with E-state index in [1.807, 2.05) is 12.1 Å². The Hall–Kier alpha value is -2.12. The quantitative estimate of drug-likeness (QED) is 0.375. The number of halogens is 3. The monoisotopic (exact) mass is 464 g/mol. The molecule has 2 aromatic carbocycles. The van der Waals surface area contributed by atoms with E-state index >= 15 is 0 Å². The number of carbonyl (C=O) groups is 1. The Morgan fingerprint density at radius 2 is 1.56 bits per heavy atom. The first-order valence-electron chi connectivity index (χ1n) is 7.22. The molecule has 4 nitrogen and oxygen atoms in total. The van der Waals surface area contributed by atoms with E-state index in [0.29, 0.717) is 17.2 Å². The number of aromatic nitrogens is 2. The van der Waals surface area contributed by atoms with E-state index in [9.17, 15) is 9.18 Å². The molecule has 0 amide bonds. The highest BCUT2D eigenvalue weighted by molar-refractivity contribution is 9.25. The van der Waals surface area contributed by atoms with Crippen LogP contribution >= 0.6 is 31.9 Å². The fraction of sp³-hybridized carbons (Fsp3) is 0.0556. The van der Waals surface area contributed by atoms with Gasteiger partial charge in [-0.15, -0.1) is 0 Å². The fourth-order valence-corrected chi connectivity index (χ4v) is 2.48. The summed E-state index contributed by atoms with van der Waals surface area (Å²) in [4.78, 5) is 20.2. The SMILES string of the molecule is O=C(c1nccc(-c2ccc(Oc3ccc(F)cc3)cc2)n1)C(Br)Br. The van der Waals surface area contributed by atoms with Gasteiger partial charge in [0.2, 0.25) is 5.78 Å². The van der Waals surface area contributed by atoms with Gasteiger partial charge in [-0.05, 0) is 54.6 Å². The zero-order chi connectivity index (χ0) is 17.8. The number of Topliss-reactive ketones (excluding diaryl/α,β-unsaturated/α-hetero) is 1. The molecule has 7 heteroatoms. The first kappa shape index (κ1) is 17.7. The molecule has 0 saturated heterocycles. The molecule has 0 spiro atoms. The van der Waals surface area contributed by atoms with Crippen molar-refractivity contribution in [3.63, 3.8) is 0 Å². The average Bonchev–Trinajstić information content (AvgIpc) is 2.63. The molecular weight excluding hydrogens is 455 g/mol. The molecule has 1 aromatic heterocycles. The standard InChI is InChI=1S/C18H11Br2FN2O2/c19-17(20)16(24)18-22-10-9-15(23-18)11-1-5-13(6-2-11)25-14-7-3-12(21)4-8-14/h1-10,17H. The van der Waals surface area contributed by atoms with Crippen molar-refractivity contribution in [2.24, 2.45) is 0 Å². The van der Waals surface area contributed by atoms with Crippen LogP contribution in [0, 0.1) is 5.82 Å². The number of hydrogen-bond acceptors (Lipinski definition) is 4. The predicted octanol–water partition coefficient (Wildman–Crippen LogP) is 5.37. The largest absolute Gasteiger partial charge is 0.457 e. The van der Waals surface area contributed by atoms with E-state index in [4.69, 9.17) is 4.74 Å². The molecule has 0 N–H and O–H groups in total. The topological polar surface area (TPSA) is 52.1 Å². The zero-order valence-electron chi connectivity index (χ0n) is 12.7. The summed E-state index contributed by atoms with van der Waals surface area (Å²) in [7, 11) is 0. The van der Waals surface area contributed by atoms with Crippen molar-refractivity contribution < 1.29 is 13.9 Å². The Morgan fingerprint density at radius 1 is 0.960 bits per heavy atom. The van der Waals surface area contributed by atoms with Crippen molar-refractivity contribution in [1.29, 1.82) is 0 Å². The molecule has 0 unspecified atom stereocenters. The summed E-state index contributed by atoms with van der Waals surface area (Å²) in [6.07, 6.45) is 1.54. The van der Waals surface area contributed by atoms with Crippen molar-refractivity contribution in [1.82, 2.24) is 9.97 Å². The molecule has 0 aliphatic carbocycles. The third kappa shape index (κ3) is 4.49. The highest BCUT2D eigenvalue weighted by Gasteiger charge is 2.17. The lowest BCUT2D eigenvalue weighted by Gasteiger charge is -2.07. The van der Waals surface area contributed by atoms with E-state index in [0.717, 1.165) is 5.56 Å². The van der Waals surface area contributed by atoms with E-state index in [1.165, 1.54) is 12.1 Å². The fourth-order valence-electron chi connectivity index (χ4n) is 2.07. The molecule has 0 fully saturated rings. The Morgan fingerprint density at radius 3 is 2.16 bits per heavy atom. The van der Waals surface area contributed by atoms with Gasteiger partial charge in [-0.2, -0.15) is 0 Å². The maximum absolute atomic E-state index is 12.9. The average molecular weight is 466 g/mol. The minimum Gasteiger partial charge on any atom is -0.457 e. The van der Waals surface area contributed by atoms with Crippen molar-refractivity contribution in [3.8, 4) is 22.8 Å². The minimum absolute atomic E-state index is 0.128. The first-order valence-corrected chi connectivity index (χ1v) is 9.05. The number of benzene rings is 2. The third-order valence-electron chi connectivity index (χ3n) is 3.27. The van der Waals surface area contributed by atoms with Crippen LogP contribution in [0.3, 0.4) is 0 Å². The van der Waals surface area contributed by atoms with Gasteiger partial charge in [-0.1, -0.05) is 31.9 Å². The summed E-state index contributed by atoms with van der Waals surface area (Å²) >= 11 is 6.30. The van der Waals surface area contributed by atoms with Gasteiger partial charge in [0.25, 0.3) is 0 Å². The molecule has 0 aliphatic rings. The van der Waals surface area contributed by atoms with Crippen molar-refractivity contribution >= 4 is 37.6 Å². The van der Waals surface area contributed by atoms with Crippen LogP contribution in [-0.2, 0) is 0 Å². The lowest BCUT2D eigenvalue weighted by Crippen LogP contribution is -2.12. The van der Waals surface area contributed by atoms with Gasteiger partial charge in [-0.3, -0.25) is 4.79 Å². The van der Waals surface area contributed by atoms with Crippen LogP contribution in [0.25, 0.3) is 11.3 Å². The highest BCUT2D eigenvalue weighted by atomic mass is 79.9. The number of rotatable bonds is 5. The van der Waals surface area contributed by atoms with Crippen molar-refractivity contribution in [2.75, 3.05) is 0 Å². The van der Waals surface area contributed by atoms with Crippen LogP contribution in [0.15, 0.2) is 60.8 Å². The van der Waals surface area contributed by atoms with Gasteiger partial charge >= 0.3 is 0 Å². The van der Waals surface area contributed by atoms with Crippen molar-refractivity contribution in [2.45, 2.75) is 3.74 Å². The Bertz CT molecular complexity index is 884. The second-order valence-electron chi connectivity index (χ2n) is 5.01.